The van der Waals surface area contributed by atoms with Crippen LogP contribution in [-0.2, 0) is 4.79 Å². The fourth-order valence-corrected chi connectivity index (χ4v) is 0.844. The van der Waals surface area contributed by atoms with E-state index in [1.54, 1.807) is 13.0 Å². The summed E-state index contributed by atoms with van der Waals surface area (Å²) < 4.78 is 0. The maximum atomic E-state index is 10.5. The molecule has 0 saturated heterocycles. The Morgan fingerprint density at radius 1 is 1.08 bits per heavy atom. The molecular formula is C11H18O. The fraction of sp³-hybridized carbons (Fsp3) is 0.545. The Kier molecular flexibility index (Phi) is 7.66. The van der Waals surface area contributed by atoms with E-state index < -0.39 is 0 Å². The Bertz CT molecular complexity index is 166. The van der Waals surface area contributed by atoms with E-state index in [1.165, 1.54) is 6.42 Å². The normalized spacial score (nSPS) is 11.5. The van der Waals surface area contributed by atoms with Crippen LogP contribution in [0.15, 0.2) is 24.3 Å². The van der Waals surface area contributed by atoms with Crippen molar-refractivity contribution in [1.82, 2.24) is 0 Å². The van der Waals surface area contributed by atoms with Gasteiger partial charge >= 0.3 is 0 Å². The molecule has 0 aliphatic heterocycles. The highest BCUT2D eigenvalue weighted by Gasteiger charge is 1.80. The zero-order valence-electron chi connectivity index (χ0n) is 8.05. The van der Waals surface area contributed by atoms with E-state index in [9.17, 15) is 4.79 Å². The first-order chi connectivity index (χ1) is 5.77. The summed E-state index contributed by atoms with van der Waals surface area (Å²) in [6.45, 7) is 3.74. The summed E-state index contributed by atoms with van der Waals surface area (Å²) in [7, 11) is 0. The zero-order chi connectivity index (χ0) is 9.23. The molecule has 0 amide bonds. The highest BCUT2D eigenvalue weighted by Crippen LogP contribution is 1.96. The molecule has 1 nitrogen and oxygen atoms in total. The molecule has 0 spiro atoms. The number of ketones is 1. The molecule has 68 valence electrons. The lowest BCUT2D eigenvalue weighted by molar-refractivity contribution is -0.112. The molecule has 12 heavy (non-hydrogen) atoms. The molecule has 0 unspecified atom stereocenters. The van der Waals surface area contributed by atoms with E-state index in [2.05, 4.69) is 19.1 Å². The first kappa shape index (κ1) is 11.2. The van der Waals surface area contributed by atoms with Gasteiger partial charge in [-0.1, -0.05) is 31.6 Å². The molecular weight excluding hydrogens is 148 g/mol. The summed E-state index contributed by atoms with van der Waals surface area (Å²) in [6.07, 6.45) is 12.3. The Hall–Kier alpha value is -0.850. The molecule has 0 atom stereocenters. The maximum Gasteiger partial charge on any atom is 0.152 e. The molecule has 0 aromatic carbocycles. The Labute approximate surface area is 75.2 Å². The molecule has 0 N–H and O–H groups in total. The lowest BCUT2D eigenvalue weighted by Crippen LogP contribution is -1.78. The minimum Gasteiger partial charge on any atom is -0.295 e. The molecule has 0 fully saturated rings. The van der Waals surface area contributed by atoms with Gasteiger partial charge in [0.05, 0.1) is 0 Å². The molecule has 0 rings (SSSR count). The van der Waals surface area contributed by atoms with Crippen molar-refractivity contribution >= 4 is 5.78 Å². The van der Waals surface area contributed by atoms with Crippen molar-refractivity contribution < 1.29 is 4.79 Å². The summed E-state index contributed by atoms with van der Waals surface area (Å²) in [4.78, 5) is 10.5. The van der Waals surface area contributed by atoms with Crippen molar-refractivity contribution in [1.29, 1.82) is 0 Å². The van der Waals surface area contributed by atoms with Crippen molar-refractivity contribution in [2.75, 3.05) is 0 Å². The second-order valence-corrected chi connectivity index (χ2v) is 2.85. The number of hydrogen-bond acceptors (Lipinski definition) is 1. The smallest absolute Gasteiger partial charge is 0.152 e. The van der Waals surface area contributed by atoms with Gasteiger partial charge in [0.25, 0.3) is 0 Å². The largest absolute Gasteiger partial charge is 0.295 e. The predicted octanol–water partition coefficient (Wildman–Crippen LogP) is 3.27. The van der Waals surface area contributed by atoms with Gasteiger partial charge in [-0.3, -0.25) is 4.79 Å². The summed E-state index contributed by atoms with van der Waals surface area (Å²) in [5.74, 6) is 0.132. The van der Waals surface area contributed by atoms with Crippen LogP contribution in [-0.4, -0.2) is 5.78 Å². The van der Waals surface area contributed by atoms with Gasteiger partial charge < -0.3 is 0 Å². The number of unbranched alkanes of at least 4 members (excludes halogenated alkanes) is 2. The highest BCUT2D eigenvalue weighted by atomic mass is 16.1. The second kappa shape index (κ2) is 8.25. The van der Waals surface area contributed by atoms with Gasteiger partial charge in [0.1, 0.15) is 0 Å². The zero-order valence-corrected chi connectivity index (χ0v) is 8.05. The van der Waals surface area contributed by atoms with Crippen LogP contribution in [0.5, 0.6) is 0 Å². The van der Waals surface area contributed by atoms with Crippen LogP contribution in [0.2, 0.25) is 0 Å². The molecule has 0 radical (unpaired) electrons. The predicted molar refractivity (Wildman–Crippen MR) is 53.1 cm³/mol. The van der Waals surface area contributed by atoms with Gasteiger partial charge in [-0.25, -0.2) is 0 Å². The monoisotopic (exact) mass is 166 g/mol. The third kappa shape index (κ3) is 9.15. The van der Waals surface area contributed by atoms with Crippen LogP contribution in [0.25, 0.3) is 0 Å². The van der Waals surface area contributed by atoms with E-state index in [4.69, 9.17) is 0 Å². The average Bonchev–Trinajstić information content (AvgIpc) is 2.02. The van der Waals surface area contributed by atoms with Gasteiger partial charge in [-0.2, -0.15) is 0 Å². The number of hydrogen-bond donors (Lipinski definition) is 0. The lowest BCUT2D eigenvalue weighted by atomic mass is 10.2. The van der Waals surface area contributed by atoms with Crippen molar-refractivity contribution in [3.8, 4) is 0 Å². The fourth-order valence-electron chi connectivity index (χ4n) is 0.844. The molecule has 0 heterocycles. The van der Waals surface area contributed by atoms with Crippen molar-refractivity contribution in [3.63, 3.8) is 0 Å². The van der Waals surface area contributed by atoms with Gasteiger partial charge in [0, 0.05) is 0 Å². The standard InChI is InChI=1S/C11H18O/c1-3-4-5-6-7-8-9-10-11(2)12/h5-6,9-10H,3-4,7-8H2,1-2H3. The van der Waals surface area contributed by atoms with E-state index in [0.29, 0.717) is 0 Å². The van der Waals surface area contributed by atoms with Crippen LogP contribution in [0.3, 0.4) is 0 Å². The summed E-state index contributed by atoms with van der Waals surface area (Å²) in [6, 6.07) is 0. The summed E-state index contributed by atoms with van der Waals surface area (Å²) in [5.41, 5.74) is 0. The van der Waals surface area contributed by atoms with Crippen LogP contribution in [0.1, 0.15) is 39.5 Å². The number of rotatable bonds is 6. The summed E-state index contributed by atoms with van der Waals surface area (Å²) in [5, 5.41) is 0. The van der Waals surface area contributed by atoms with Crippen LogP contribution >= 0.6 is 0 Å². The van der Waals surface area contributed by atoms with Crippen molar-refractivity contribution in [2.24, 2.45) is 0 Å². The van der Waals surface area contributed by atoms with Crippen LogP contribution < -0.4 is 0 Å². The Morgan fingerprint density at radius 2 is 1.67 bits per heavy atom. The number of carbonyl (C=O) groups is 1. The maximum absolute atomic E-state index is 10.5. The van der Waals surface area contributed by atoms with Crippen molar-refractivity contribution in [3.05, 3.63) is 24.3 Å². The number of allylic oxidation sites excluding steroid dienone is 4. The second-order valence-electron chi connectivity index (χ2n) is 2.85. The van der Waals surface area contributed by atoms with Gasteiger partial charge in [0.2, 0.25) is 0 Å². The van der Waals surface area contributed by atoms with E-state index >= 15 is 0 Å². The SMILES string of the molecule is CCCC=CCCC=CC(C)=O. The van der Waals surface area contributed by atoms with Crippen LogP contribution in [0.4, 0.5) is 0 Å². The topological polar surface area (TPSA) is 17.1 Å². The molecule has 0 aromatic rings. The molecule has 1 heteroatoms. The average molecular weight is 166 g/mol. The first-order valence-electron chi connectivity index (χ1n) is 4.59. The highest BCUT2D eigenvalue weighted by molar-refractivity contribution is 5.87. The first-order valence-corrected chi connectivity index (χ1v) is 4.59. The molecule has 0 aliphatic carbocycles. The molecule has 0 aliphatic rings. The Balaban J connectivity index is 3.26. The minimum atomic E-state index is 0.132. The molecule has 0 bridgehead atoms. The quantitative estimate of drug-likeness (QED) is 0.336. The van der Waals surface area contributed by atoms with E-state index in [-0.39, 0.29) is 5.78 Å². The van der Waals surface area contributed by atoms with E-state index in [1.807, 2.05) is 6.08 Å². The lowest BCUT2D eigenvalue weighted by Gasteiger charge is -1.86. The van der Waals surface area contributed by atoms with Crippen LogP contribution in [0, 0.1) is 0 Å². The number of carbonyl (C=O) groups excluding carboxylic acids is 1. The minimum absolute atomic E-state index is 0.132. The van der Waals surface area contributed by atoms with Crippen molar-refractivity contribution in [2.45, 2.75) is 39.5 Å². The molecule has 0 aromatic heterocycles. The van der Waals surface area contributed by atoms with Gasteiger partial charge in [-0.05, 0) is 32.3 Å². The summed E-state index contributed by atoms with van der Waals surface area (Å²) >= 11 is 0. The van der Waals surface area contributed by atoms with E-state index in [0.717, 1.165) is 19.3 Å². The van der Waals surface area contributed by atoms with Gasteiger partial charge in [-0.15, -0.1) is 0 Å². The Morgan fingerprint density at radius 3 is 2.25 bits per heavy atom. The third-order valence-electron chi connectivity index (χ3n) is 1.47. The third-order valence-corrected chi connectivity index (χ3v) is 1.47. The molecule has 0 saturated carbocycles. The van der Waals surface area contributed by atoms with Gasteiger partial charge in [0.15, 0.2) is 5.78 Å².